The number of hydrogen-bond acceptors (Lipinski definition) is 2. The van der Waals surface area contributed by atoms with Gasteiger partial charge in [-0.2, -0.15) is 0 Å². The molecule has 0 bridgehead atoms. The summed E-state index contributed by atoms with van der Waals surface area (Å²) in [6, 6.07) is 7.55. The Morgan fingerprint density at radius 2 is 1.94 bits per heavy atom. The van der Waals surface area contributed by atoms with Crippen LogP contribution in [0, 0.1) is 5.92 Å². The minimum Gasteiger partial charge on any atom is -0.352 e. The number of hydrogen-bond donors (Lipinski definition) is 2. The summed E-state index contributed by atoms with van der Waals surface area (Å²) in [6.45, 7) is 2.47. The zero-order valence-electron chi connectivity index (χ0n) is 9.71. The summed E-state index contributed by atoms with van der Waals surface area (Å²) < 4.78 is 0. The van der Waals surface area contributed by atoms with Crippen molar-refractivity contribution in [3.8, 4) is 0 Å². The average molecular weight is 253 g/mol. The summed E-state index contributed by atoms with van der Waals surface area (Å²) in [5.41, 5.74) is 1.08. The number of nitrogens with one attached hydrogen (secondary N) is 2. The lowest BCUT2D eigenvalue weighted by molar-refractivity contribution is -0.125. The maximum atomic E-state index is 11.9. The van der Waals surface area contributed by atoms with Crippen LogP contribution >= 0.6 is 11.6 Å². The standard InChI is InChI=1S/C13H17ClN2O/c14-12-3-1-10(2-4-12)9-16-13(17)11-5-7-15-8-6-11/h1-4,11,15H,5-9H2,(H,16,17). The molecule has 0 unspecified atom stereocenters. The van der Waals surface area contributed by atoms with Gasteiger partial charge in [0.05, 0.1) is 0 Å². The van der Waals surface area contributed by atoms with E-state index in [0.29, 0.717) is 6.54 Å². The summed E-state index contributed by atoms with van der Waals surface area (Å²) in [5, 5.41) is 6.95. The molecule has 1 aliphatic heterocycles. The number of amides is 1. The van der Waals surface area contributed by atoms with E-state index in [1.165, 1.54) is 0 Å². The van der Waals surface area contributed by atoms with Crippen molar-refractivity contribution in [2.75, 3.05) is 13.1 Å². The molecule has 0 saturated carbocycles. The van der Waals surface area contributed by atoms with Crippen LogP contribution in [0.15, 0.2) is 24.3 Å². The van der Waals surface area contributed by atoms with Crippen LogP contribution < -0.4 is 10.6 Å². The largest absolute Gasteiger partial charge is 0.352 e. The molecule has 17 heavy (non-hydrogen) atoms. The lowest BCUT2D eigenvalue weighted by Gasteiger charge is -2.21. The molecule has 2 N–H and O–H groups in total. The first kappa shape index (κ1) is 12.4. The van der Waals surface area contributed by atoms with Crippen LogP contribution in [0.1, 0.15) is 18.4 Å². The third-order valence-corrected chi connectivity index (χ3v) is 3.34. The number of halogens is 1. The molecule has 1 amide bonds. The first-order valence-electron chi connectivity index (χ1n) is 5.98. The Hall–Kier alpha value is -1.06. The highest BCUT2D eigenvalue weighted by Gasteiger charge is 2.20. The predicted molar refractivity (Wildman–Crippen MR) is 68.9 cm³/mol. The Kier molecular flexibility index (Phi) is 4.40. The maximum Gasteiger partial charge on any atom is 0.223 e. The van der Waals surface area contributed by atoms with E-state index in [2.05, 4.69) is 10.6 Å². The van der Waals surface area contributed by atoms with E-state index in [9.17, 15) is 4.79 Å². The van der Waals surface area contributed by atoms with Gasteiger partial charge in [0.1, 0.15) is 0 Å². The highest BCUT2D eigenvalue weighted by atomic mass is 35.5. The van der Waals surface area contributed by atoms with Crippen LogP contribution in [0.2, 0.25) is 5.02 Å². The summed E-state index contributed by atoms with van der Waals surface area (Å²) in [5.74, 6) is 0.338. The zero-order valence-corrected chi connectivity index (χ0v) is 10.5. The van der Waals surface area contributed by atoms with Gasteiger partial charge in [-0.05, 0) is 43.6 Å². The lowest BCUT2D eigenvalue weighted by atomic mass is 9.97. The molecule has 1 aliphatic rings. The molecular formula is C13H17ClN2O. The molecule has 0 aliphatic carbocycles. The second-order valence-corrected chi connectivity index (χ2v) is 4.80. The molecule has 2 rings (SSSR count). The van der Waals surface area contributed by atoms with Crippen molar-refractivity contribution in [1.82, 2.24) is 10.6 Å². The minimum atomic E-state index is 0.168. The van der Waals surface area contributed by atoms with Gasteiger partial charge in [-0.25, -0.2) is 0 Å². The normalized spacial score (nSPS) is 16.8. The molecule has 1 heterocycles. The van der Waals surface area contributed by atoms with Crippen molar-refractivity contribution < 1.29 is 4.79 Å². The van der Waals surface area contributed by atoms with E-state index in [1.807, 2.05) is 24.3 Å². The van der Waals surface area contributed by atoms with Crippen molar-refractivity contribution in [3.63, 3.8) is 0 Å². The Labute approximate surface area is 107 Å². The van der Waals surface area contributed by atoms with E-state index in [4.69, 9.17) is 11.6 Å². The maximum absolute atomic E-state index is 11.9. The topological polar surface area (TPSA) is 41.1 Å². The molecule has 0 atom stereocenters. The molecular weight excluding hydrogens is 236 g/mol. The summed E-state index contributed by atoms with van der Waals surface area (Å²) in [6.07, 6.45) is 1.87. The fourth-order valence-corrected chi connectivity index (χ4v) is 2.15. The molecule has 3 nitrogen and oxygen atoms in total. The van der Waals surface area contributed by atoms with Gasteiger partial charge in [0.15, 0.2) is 0 Å². The van der Waals surface area contributed by atoms with Crippen molar-refractivity contribution in [2.45, 2.75) is 19.4 Å². The molecule has 1 fully saturated rings. The first-order chi connectivity index (χ1) is 8.25. The smallest absolute Gasteiger partial charge is 0.223 e. The highest BCUT2D eigenvalue weighted by molar-refractivity contribution is 6.30. The van der Waals surface area contributed by atoms with Gasteiger partial charge < -0.3 is 10.6 Å². The fourth-order valence-electron chi connectivity index (χ4n) is 2.02. The number of carbonyl (C=O) groups is 1. The Morgan fingerprint density at radius 1 is 1.29 bits per heavy atom. The van der Waals surface area contributed by atoms with Crippen LogP contribution in [0.5, 0.6) is 0 Å². The average Bonchev–Trinajstić information content (AvgIpc) is 2.39. The van der Waals surface area contributed by atoms with Crippen LogP contribution in [-0.2, 0) is 11.3 Å². The molecule has 4 heteroatoms. The second-order valence-electron chi connectivity index (χ2n) is 4.37. The monoisotopic (exact) mass is 252 g/mol. The number of rotatable bonds is 3. The Morgan fingerprint density at radius 3 is 2.59 bits per heavy atom. The van der Waals surface area contributed by atoms with Gasteiger partial charge in [-0.15, -0.1) is 0 Å². The third kappa shape index (κ3) is 3.72. The van der Waals surface area contributed by atoms with E-state index in [1.54, 1.807) is 0 Å². The molecule has 0 radical (unpaired) electrons. The molecule has 0 aromatic heterocycles. The van der Waals surface area contributed by atoms with E-state index >= 15 is 0 Å². The fraction of sp³-hybridized carbons (Fsp3) is 0.462. The van der Waals surface area contributed by atoms with Crippen molar-refractivity contribution in [1.29, 1.82) is 0 Å². The van der Waals surface area contributed by atoms with Crippen molar-refractivity contribution in [2.24, 2.45) is 5.92 Å². The van der Waals surface area contributed by atoms with Gasteiger partial charge in [0.25, 0.3) is 0 Å². The Bertz CT molecular complexity index is 372. The predicted octanol–water partition coefficient (Wildman–Crippen LogP) is 1.96. The van der Waals surface area contributed by atoms with Crippen LogP contribution in [0.3, 0.4) is 0 Å². The lowest BCUT2D eigenvalue weighted by Crippen LogP contribution is -2.37. The van der Waals surface area contributed by atoms with Gasteiger partial charge >= 0.3 is 0 Å². The molecule has 92 valence electrons. The molecule has 0 spiro atoms. The number of carbonyl (C=O) groups excluding carboxylic acids is 1. The molecule has 1 saturated heterocycles. The van der Waals surface area contributed by atoms with Crippen molar-refractivity contribution >= 4 is 17.5 Å². The third-order valence-electron chi connectivity index (χ3n) is 3.09. The quantitative estimate of drug-likeness (QED) is 0.864. The van der Waals surface area contributed by atoms with Gasteiger partial charge in [-0.1, -0.05) is 23.7 Å². The minimum absolute atomic E-state index is 0.168. The summed E-state index contributed by atoms with van der Waals surface area (Å²) >= 11 is 5.80. The highest BCUT2D eigenvalue weighted by Crippen LogP contribution is 2.12. The number of benzene rings is 1. The van der Waals surface area contributed by atoms with Gasteiger partial charge in [0.2, 0.25) is 5.91 Å². The summed E-state index contributed by atoms with van der Waals surface area (Å²) in [4.78, 5) is 11.9. The zero-order chi connectivity index (χ0) is 12.1. The summed E-state index contributed by atoms with van der Waals surface area (Å²) in [7, 11) is 0. The van der Waals surface area contributed by atoms with E-state index in [0.717, 1.165) is 36.5 Å². The molecule has 1 aromatic carbocycles. The van der Waals surface area contributed by atoms with Crippen LogP contribution in [0.25, 0.3) is 0 Å². The van der Waals surface area contributed by atoms with Crippen LogP contribution in [0.4, 0.5) is 0 Å². The van der Waals surface area contributed by atoms with Gasteiger partial charge in [0, 0.05) is 17.5 Å². The number of piperidine rings is 1. The van der Waals surface area contributed by atoms with Crippen LogP contribution in [-0.4, -0.2) is 19.0 Å². The Balaban J connectivity index is 1.81. The second kappa shape index (κ2) is 6.03. The SMILES string of the molecule is O=C(NCc1ccc(Cl)cc1)C1CCNCC1. The van der Waals surface area contributed by atoms with E-state index < -0.39 is 0 Å². The van der Waals surface area contributed by atoms with Gasteiger partial charge in [-0.3, -0.25) is 4.79 Å². The first-order valence-corrected chi connectivity index (χ1v) is 6.36. The van der Waals surface area contributed by atoms with E-state index in [-0.39, 0.29) is 11.8 Å². The van der Waals surface area contributed by atoms with Crippen molar-refractivity contribution in [3.05, 3.63) is 34.9 Å². The molecule has 1 aromatic rings.